The molecule has 39 heavy (non-hydrogen) atoms. The molecule has 0 spiro atoms. The predicted octanol–water partition coefficient (Wildman–Crippen LogP) is 5.41. The Morgan fingerprint density at radius 2 is 1.79 bits per heavy atom. The molecule has 0 saturated carbocycles. The number of benzene rings is 2. The molecule has 0 bridgehead atoms. The lowest BCUT2D eigenvalue weighted by Gasteiger charge is -2.35. The minimum absolute atomic E-state index is 0.127. The van der Waals surface area contributed by atoms with Gasteiger partial charge in [-0.2, -0.15) is 11.8 Å². The van der Waals surface area contributed by atoms with E-state index in [4.69, 9.17) is 16.3 Å². The van der Waals surface area contributed by atoms with Crippen molar-refractivity contribution in [2.45, 2.75) is 65.6 Å². The number of nitrogens with zero attached hydrogens (tertiary/aromatic N) is 1. The van der Waals surface area contributed by atoms with Crippen molar-refractivity contribution in [3.8, 4) is 0 Å². The second kappa shape index (κ2) is 14.6. The summed E-state index contributed by atoms with van der Waals surface area (Å²) in [4.78, 5) is 42.0. The molecule has 0 heterocycles. The number of alkyl carbamates (subject to hydrolysis) is 1. The standard InChI is InChI=1S/C29H40ClN3O5S/c1-18-11-12-19(2)21(17-18)25(26(35)32-24-20(3)9-8-10-22(24)30)33(14-15-34)27(36)23(13-16-39-7)31-28(37)38-29(4,5)6/h8-12,17,23,25,34H,13-16H2,1-7H3,(H,31,37)(H,32,35). The fourth-order valence-electron chi connectivity index (χ4n) is 4.10. The highest BCUT2D eigenvalue weighted by Crippen LogP contribution is 2.31. The first-order chi connectivity index (χ1) is 18.3. The topological polar surface area (TPSA) is 108 Å². The van der Waals surface area contributed by atoms with Crippen LogP contribution in [0.15, 0.2) is 36.4 Å². The molecule has 0 aliphatic rings. The van der Waals surface area contributed by atoms with Gasteiger partial charge in [0.05, 0.1) is 17.3 Å². The fraction of sp³-hybridized carbons (Fsp3) is 0.483. The Morgan fingerprint density at radius 3 is 2.38 bits per heavy atom. The summed E-state index contributed by atoms with van der Waals surface area (Å²) in [7, 11) is 0. The summed E-state index contributed by atoms with van der Waals surface area (Å²) in [5.74, 6) is -0.401. The van der Waals surface area contributed by atoms with E-state index in [-0.39, 0.29) is 13.2 Å². The number of carbonyl (C=O) groups is 3. The molecule has 0 aliphatic heterocycles. The number of halogens is 1. The van der Waals surface area contributed by atoms with Gasteiger partial charge in [0.15, 0.2) is 0 Å². The summed E-state index contributed by atoms with van der Waals surface area (Å²) in [5, 5.41) is 16.0. The first-order valence-corrected chi connectivity index (χ1v) is 14.6. The molecular formula is C29H40ClN3O5S. The maximum absolute atomic E-state index is 14.1. The van der Waals surface area contributed by atoms with Crippen LogP contribution in [0.1, 0.15) is 55.5 Å². The van der Waals surface area contributed by atoms with E-state index in [1.54, 1.807) is 32.9 Å². The molecule has 214 valence electrons. The van der Waals surface area contributed by atoms with Gasteiger partial charge in [0.25, 0.3) is 5.91 Å². The van der Waals surface area contributed by atoms with Crippen molar-refractivity contribution >= 4 is 47.0 Å². The van der Waals surface area contributed by atoms with Gasteiger partial charge >= 0.3 is 6.09 Å². The molecule has 2 aromatic carbocycles. The van der Waals surface area contributed by atoms with E-state index >= 15 is 0 Å². The van der Waals surface area contributed by atoms with Crippen LogP contribution in [-0.2, 0) is 14.3 Å². The van der Waals surface area contributed by atoms with Crippen molar-refractivity contribution in [1.82, 2.24) is 10.2 Å². The number of nitrogens with one attached hydrogen (secondary N) is 2. The molecule has 3 N–H and O–H groups in total. The number of anilines is 1. The van der Waals surface area contributed by atoms with Crippen molar-refractivity contribution in [2.75, 3.05) is 30.5 Å². The molecule has 8 nitrogen and oxygen atoms in total. The van der Waals surface area contributed by atoms with Crippen molar-refractivity contribution in [1.29, 1.82) is 0 Å². The average Bonchev–Trinajstić information content (AvgIpc) is 2.84. The smallest absolute Gasteiger partial charge is 0.408 e. The van der Waals surface area contributed by atoms with Crippen LogP contribution in [0.3, 0.4) is 0 Å². The summed E-state index contributed by atoms with van der Waals surface area (Å²) < 4.78 is 5.40. The molecule has 2 rings (SSSR count). The lowest BCUT2D eigenvalue weighted by atomic mass is 9.95. The Hall–Kier alpha value is -2.75. The van der Waals surface area contributed by atoms with Crippen LogP contribution in [-0.4, -0.2) is 64.7 Å². The van der Waals surface area contributed by atoms with Crippen LogP contribution in [0.5, 0.6) is 0 Å². The Morgan fingerprint density at radius 1 is 1.10 bits per heavy atom. The van der Waals surface area contributed by atoms with E-state index in [1.807, 2.05) is 51.3 Å². The van der Waals surface area contributed by atoms with E-state index in [1.165, 1.54) is 16.7 Å². The zero-order valence-electron chi connectivity index (χ0n) is 23.8. The minimum Gasteiger partial charge on any atom is -0.444 e. The highest BCUT2D eigenvalue weighted by Gasteiger charge is 2.37. The number of amides is 3. The van der Waals surface area contributed by atoms with E-state index in [0.29, 0.717) is 28.4 Å². The molecule has 0 saturated heterocycles. The van der Waals surface area contributed by atoms with Gasteiger partial charge in [-0.15, -0.1) is 0 Å². The van der Waals surface area contributed by atoms with Crippen LogP contribution < -0.4 is 10.6 Å². The summed E-state index contributed by atoms with van der Waals surface area (Å²) in [6, 6.07) is 8.89. The number of aryl methyl sites for hydroxylation is 3. The second-order valence-corrected chi connectivity index (χ2v) is 11.8. The highest BCUT2D eigenvalue weighted by molar-refractivity contribution is 7.98. The number of ether oxygens (including phenoxy) is 1. The van der Waals surface area contributed by atoms with Gasteiger partial charge in [-0.3, -0.25) is 9.59 Å². The lowest BCUT2D eigenvalue weighted by Crippen LogP contribution is -2.53. The monoisotopic (exact) mass is 577 g/mol. The molecule has 2 aromatic rings. The zero-order chi connectivity index (χ0) is 29.3. The summed E-state index contributed by atoms with van der Waals surface area (Å²) >= 11 is 7.93. The molecule has 2 atom stereocenters. The predicted molar refractivity (Wildman–Crippen MR) is 158 cm³/mol. The molecular weight excluding hydrogens is 538 g/mol. The van der Waals surface area contributed by atoms with Gasteiger partial charge in [-0.1, -0.05) is 47.5 Å². The SMILES string of the molecule is CSCCC(NC(=O)OC(C)(C)C)C(=O)N(CCO)C(C(=O)Nc1c(C)cccc1Cl)c1cc(C)ccc1C. The number of thioether (sulfide) groups is 1. The average molecular weight is 578 g/mol. The first kappa shape index (κ1) is 32.5. The molecule has 2 unspecified atom stereocenters. The Kier molecular flexibility index (Phi) is 12.1. The molecule has 0 aromatic heterocycles. The number of para-hydroxylation sites is 1. The number of aliphatic hydroxyl groups excluding tert-OH is 1. The van der Waals surface area contributed by atoms with Gasteiger partial charge in [0.2, 0.25) is 5.91 Å². The molecule has 0 aliphatic carbocycles. The summed E-state index contributed by atoms with van der Waals surface area (Å²) in [5.41, 5.74) is 2.77. The van der Waals surface area contributed by atoms with Crippen LogP contribution in [0, 0.1) is 20.8 Å². The Bertz CT molecular complexity index is 1150. The number of aliphatic hydroxyl groups is 1. The van der Waals surface area contributed by atoms with E-state index < -0.39 is 35.6 Å². The number of hydrogen-bond donors (Lipinski definition) is 3. The van der Waals surface area contributed by atoms with Crippen molar-refractivity contribution in [3.63, 3.8) is 0 Å². The van der Waals surface area contributed by atoms with Crippen molar-refractivity contribution in [3.05, 3.63) is 63.7 Å². The number of carbonyl (C=O) groups excluding carboxylic acids is 3. The molecule has 10 heteroatoms. The van der Waals surface area contributed by atoms with Gasteiger partial charge in [0, 0.05) is 6.54 Å². The maximum Gasteiger partial charge on any atom is 0.408 e. The zero-order valence-corrected chi connectivity index (χ0v) is 25.3. The normalized spacial score (nSPS) is 12.8. The summed E-state index contributed by atoms with van der Waals surface area (Å²) in [6.07, 6.45) is 1.48. The second-order valence-electron chi connectivity index (χ2n) is 10.4. The molecule has 0 radical (unpaired) electrons. The minimum atomic E-state index is -1.10. The van der Waals surface area contributed by atoms with E-state index in [2.05, 4.69) is 10.6 Å². The van der Waals surface area contributed by atoms with Crippen LogP contribution in [0.25, 0.3) is 0 Å². The first-order valence-electron chi connectivity index (χ1n) is 12.8. The number of hydrogen-bond acceptors (Lipinski definition) is 6. The fourth-order valence-corrected chi connectivity index (χ4v) is 4.84. The Balaban J connectivity index is 2.58. The molecule has 0 fully saturated rings. The molecule has 3 amide bonds. The van der Waals surface area contributed by atoms with Crippen molar-refractivity contribution < 1.29 is 24.2 Å². The van der Waals surface area contributed by atoms with Crippen LogP contribution in [0.2, 0.25) is 5.02 Å². The highest BCUT2D eigenvalue weighted by atomic mass is 35.5. The largest absolute Gasteiger partial charge is 0.444 e. The van der Waals surface area contributed by atoms with Gasteiger partial charge in [-0.25, -0.2) is 4.79 Å². The van der Waals surface area contributed by atoms with E-state index in [0.717, 1.165) is 16.7 Å². The quantitative estimate of drug-likeness (QED) is 0.329. The van der Waals surface area contributed by atoms with Gasteiger partial charge in [0.1, 0.15) is 17.7 Å². The van der Waals surface area contributed by atoms with Gasteiger partial charge < -0.3 is 25.4 Å². The lowest BCUT2D eigenvalue weighted by molar-refractivity contribution is -0.141. The maximum atomic E-state index is 14.1. The van der Waals surface area contributed by atoms with Crippen molar-refractivity contribution in [2.24, 2.45) is 0 Å². The third-order valence-corrected chi connectivity index (χ3v) is 6.94. The third-order valence-electron chi connectivity index (χ3n) is 5.98. The van der Waals surface area contributed by atoms with E-state index in [9.17, 15) is 19.5 Å². The summed E-state index contributed by atoms with van der Waals surface area (Å²) in [6.45, 7) is 10.3. The van der Waals surface area contributed by atoms with Crippen LogP contribution in [0.4, 0.5) is 10.5 Å². The van der Waals surface area contributed by atoms with Gasteiger partial charge in [-0.05, 0) is 82.7 Å². The number of rotatable bonds is 11. The third kappa shape index (κ3) is 9.44. The Labute approximate surface area is 240 Å². The van der Waals surface area contributed by atoms with Crippen LogP contribution >= 0.6 is 23.4 Å².